The van der Waals surface area contributed by atoms with Gasteiger partial charge in [0.15, 0.2) is 0 Å². The number of hydrogen-bond acceptors (Lipinski definition) is 9. The fourth-order valence-corrected chi connectivity index (χ4v) is 5.33. The summed E-state index contributed by atoms with van der Waals surface area (Å²) < 4.78 is 32.8. The zero-order chi connectivity index (χ0) is 29.1. The maximum Gasteiger partial charge on any atom is 0.348 e. The number of aryl methyl sites for hydroxylation is 1. The molecule has 1 atom stereocenters. The highest BCUT2D eigenvalue weighted by atomic mass is 32.1. The molecule has 11 nitrogen and oxygen atoms in total. The zero-order valence-corrected chi connectivity index (χ0v) is 23.1. The number of benzene rings is 1. The zero-order valence-electron chi connectivity index (χ0n) is 22.3. The molecule has 39 heavy (non-hydrogen) atoms. The summed E-state index contributed by atoms with van der Waals surface area (Å²) in [6.45, 7) is 5.80. The number of amides is 1. The minimum atomic E-state index is -1.73. The second-order valence-electron chi connectivity index (χ2n) is 9.15. The van der Waals surface area contributed by atoms with Gasteiger partial charge in [0.2, 0.25) is 5.91 Å². The summed E-state index contributed by atoms with van der Waals surface area (Å²) >= 11 is 0.895. The lowest BCUT2D eigenvalue weighted by Crippen LogP contribution is -2.54. The number of nitrogens with one attached hydrogen (secondary N) is 1. The third-order valence-corrected chi connectivity index (χ3v) is 7.60. The third-order valence-electron chi connectivity index (χ3n) is 6.30. The van der Waals surface area contributed by atoms with Crippen molar-refractivity contribution in [2.75, 3.05) is 20.3 Å². The standard InChI is InChI=1S/C26H31FN4O7S/c1-6-37-23(33)20-14(2)19-21(32)31(26(3,4)24(29)34)25(35)30(22(19)39-20)13-18(38-11-7-10-28)16-12-15(27)8-9-17(16)36-5/h8-10,12,18,28H,6-7,11,13H2,1-5H3,(H2,29,34)/t18-/m0/s1. The van der Waals surface area contributed by atoms with E-state index in [1.165, 1.54) is 43.7 Å². The molecule has 0 saturated carbocycles. The molecular weight excluding hydrogens is 531 g/mol. The van der Waals surface area contributed by atoms with Gasteiger partial charge in [-0.2, -0.15) is 0 Å². The van der Waals surface area contributed by atoms with E-state index in [0.717, 1.165) is 22.1 Å². The van der Waals surface area contributed by atoms with Gasteiger partial charge in [0.25, 0.3) is 5.56 Å². The second kappa shape index (κ2) is 11.9. The minimum absolute atomic E-state index is 0.0430. The van der Waals surface area contributed by atoms with E-state index in [0.29, 0.717) is 5.75 Å². The van der Waals surface area contributed by atoms with Gasteiger partial charge in [-0.3, -0.25) is 14.2 Å². The number of carbonyl (C=O) groups is 2. The summed E-state index contributed by atoms with van der Waals surface area (Å²) in [6, 6.07) is 3.84. The number of nitrogens with zero attached hydrogens (tertiary/aromatic N) is 2. The van der Waals surface area contributed by atoms with Crippen molar-refractivity contribution < 1.29 is 28.2 Å². The molecule has 0 bridgehead atoms. The van der Waals surface area contributed by atoms with Crippen LogP contribution in [-0.2, 0) is 26.4 Å². The van der Waals surface area contributed by atoms with Crippen LogP contribution in [0.2, 0.25) is 0 Å². The fraction of sp³-hybridized carbons (Fsp3) is 0.423. The molecular formula is C26H31FN4O7S. The van der Waals surface area contributed by atoms with Crippen molar-refractivity contribution in [2.45, 2.75) is 52.3 Å². The van der Waals surface area contributed by atoms with Gasteiger partial charge in [-0.05, 0) is 57.7 Å². The van der Waals surface area contributed by atoms with Crippen LogP contribution < -0.4 is 21.7 Å². The molecule has 0 fully saturated rings. The van der Waals surface area contributed by atoms with E-state index in [9.17, 15) is 23.6 Å². The Balaban J connectivity index is 2.39. The van der Waals surface area contributed by atoms with Crippen molar-refractivity contribution in [2.24, 2.45) is 5.73 Å². The lowest BCUT2D eigenvalue weighted by molar-refractivity contribution is -0.125. The largest absolute Gasteiger partial charge is 0.496 e. The van der Waals surface area contributed by atoms with Gasteiger partial charge >= 0.3 is 11.7 Å². The Morgan fingerprint density at radius 1 is 1.28 bits per heavy atom. The molecule has 3 N–H and O–H groups in total. The number of ether oxygens (including phenoxy) is 3. The van der Waals surface area contributed by atoms with E-state index in [1.54, 1.807) is 13.8 Å². The summed E-state index contributed by atoms with van der Waals surface area (Å²) in [5.41, 5.74) is 2.75. The Kier molecular flexibility index (Phi) is 9.07. The number of fused-ring (bicyclic) bond motifs is 1. The molecule has 1 aromatic carbocycles. The number of halogens is 1. The molecule has 13 heteroatoms. The van der Waals surface area contributed by atoms with E-state index in [-0.39, 0.29) is 52.4 Å². The lowest BCUT2D eigenvalue weighted by atomic mass is 10.0. The Labute approximate surface area is 227 Å². The van der Waals surface area contributed by atoms with Gasteiger partial charge in [0.05, 0.1) is 32.3 Å². The van der Waals surface area contributed by atoms with E-state index in [1.807, 2.05) is 0 Å². The van der Waals surface area contributed by atoms with Crippen LogP contribution in [0.4, 0.5) is 4.39 Å². The Morgan fingerprint density at radius 3 is 2.56 bits per heavy atom. The van der Waals surface area contributed by atoms with Gasteiger partial charge in [0, 0.05) is 12.0 Å². The molecule has 0 aliphatic rings. The van der Waals surface area contributed by atoms with Crippen LogP contribution in [0.5, 0.6) is 5.75 Å². The first-order chi connectivity index (χ1) is 18.4. The monoisotopic (exact) mass is 562 g/mol. The Hall–Kier alpha value is -3.84. The molecule has 0 radical (unpaired) electrons. The number of esters is 1. The number of rotatable bonds is 12. The summed E-state index contributed by atoms with van der Waals surface area (Å²) in [5.74, 6) is -1.86. The average molecular weight is 563 g/mol. The number of aromatic nitrogens is 2. The maximum absolute atomic E-state index is 14.3. The van der Waals surface area contributed by atoms with Crippen LogP contribution in [-0.4, -0.2) is 47.5 Å². The normalized spacial score (nSPS) is 12.4. The molecule has 0 spiro atoms. The lowest BCUT2D eigenvalue weighted by Gasteiger charge is -2.26. The number of methoxy groups -OCH3 is 1. The first kappa shape index (κ1) is 29.7. The quantitative estimate of drug-likeness (QED) is 0.195. The van der Waals surface area contributed by atoms with Gasteiger partial charge < -0.3 is 25.4 Å². The van der Waals surface area contributed by atoms with Crippen LogP contribution in [0, 0.1) is 18.2 Å². The summed E-state index contributed by atoms with van der Waals surface area (Å²) in [4.78, 5) is 52.8. The molecule has 0 unspecified atom stereocenters. The smallest absolute Gasteiger partial charge is 0.348 e. The molecule has 2 heterocycles. The predicted molar refractivity (Wildman–Crippen MR) is 145 cm³/mol. The first-order valence-electron chi connectivity index (χ1n) is 12.1. The van der Waals surface area contributed by atoms with Crippen LogP contribution >= 0.6 is 11.3 Å². The van der Waals surface area contributed by atoms with Crippen molar-refractivity contribution in [3.05, 3.63) is 60.9 Å². The number of hydrogen-bond donors (Lipinski definition) is 2. The molecule has 0 saturated heterocycles. The minimum Gasteiger partial charge on any atom is -0.496 e. The molecule has 210 valence electrons. The van der Waals surface area contributed by atoms with Crippen LogP contribution in [0.1, 0.15) is 54.1 Å². The van der Waals surface area contributed by atoms with Crippen molar-refractivity contribution in [3.63, 3.8) is 0 Å². The highest BCUT2D eigenvalue weighted by Gasteiger charge is 2.35. The molecule has 3 rings (SSSR count). The van der Waals surface area contributed by atoms with Crippen molar-refractivity contribution in [1.29, 1.82) is 5.41 Å². The Bertz CT molecular complexity index is 1540. The first-order valence-corrected chi connectivity index (χ1v) is 12.9. The molecule has 3 aromatic rings. The van der Waals surface area contributed by atoms with Crippen LogP contribution in [0.25, 0.3) is 10.2 Å². The highest BCUT2D eigenvalue weighted by Crippen LogP contribution is 2.33. The maximum atomic E-state index is 14.3. The van der Waals surface area contributed by atoms with E-state index in [2.05, 4.69) is 0 Å². The number of primary amides is 1. The molecule has 0 aliphatic heterocycles. The van der Waals surface area contributed by atoms with Gasteiger partial charge in [-0.15, -0.1) is 11.3 Å². The van der Waals surface area contributed by atoms with Crippen molar-refractivity contribution in [3.8, 4) is 5.75 Å². The van der Waals surface area contributed by atoms with Gasteiger partial charge in [-0.25, -0.2) is 18.5 Å². The predicted octanol–water partition coefficient (Wildman–Crippen LogP) is 2.88. The van der Waals surface area contributed by atoms with E-state index in [4.69, 9.17) is 25.4 Å². The van der Waals surface area contributed by atoms with Crippen LogP contribution in [0.15, 0.2) is 27.8 Å². The van der Waals surface area contributed by atoms with Crippen LogP contribution in [0.3, 0.4) is 0 Å². The van der Waals surface area contributed by atoms with Crippen molar-refractivity contribution >= 4 is 39.6 Å². The summed E-state index contributed by atoms with van der Waals surface area (Å²) in [5, 5.41) is 7.36. The Morgan fingerprint density at radius 2 is 1.97 bits per heavy atom. The topological polar surface area (TPSA) is 156 Å². The summed E-state index contributed by atoms with van der Waals surface area (Å²) in [7, 11) is 1.40. The third kappa shape index (κ3) is 5.64. The van der Waals surface area contributed by atoms with Gasteiger partial charge in [-0.1, -0.05) is 0 Å². The number of carbonyl (C=O) groups excluding carboxylic acids is 2. The molecule has 0 aliphatic carbocycles. The number of thiophene rings is 1. The second-order valence-corrected chi connectivity index (χ2v) is 10.2. The number of nitrogens with two attached hydrogens (primary N) is 1. The van der Waals surface area contributed by atoms with Crippen molar-refractivity contribution in [1.82, 2.24) is 9.13 Å². The molecule has 2 aromatic heterocycles. The average Bonchev–Trinajstić information content (AvgIpc) is 3.22. The summed E-state index contributed by atoms with van der Waals surface area (Å²) in [6.07, 6.45) is 0.416. The fourth-order valence-electron chi connectivity index (χ4n) is 4.13. The molecule has 1 amide bonds. The SMILES string of the molecule is CCOC(=O)c1sc2c(c1C)c(=O)n(C(C)(C)C(N)=O)c(=O)n2C[C@H](OCCC=N)c1cc(F)ccc1OC. The highest BCUT2D eigenvalue weighted by molar-refractivity contribution is 7.20. The van der Waals surface area contributed by atoms with E-state index < -0.39 is 40.6 Å². The van der Waals surface area contributed by atoms with Gasteiger partial charge in [0.1, 0.15) is 32.9 Å². The van der Waals surface area contributed by atoms with E-state index >= 15 is 0 Å².